The Bertz CT molecular complexity index is 629. The third kappa shape index (κ3) is 5.73. The van der Waals surface area contributed by atoms with E-state index in [0.29, 0.717) is 13.0 Å². The molecule has 0 saturated carbocycles. The topological polar surface area (TPSA) is 66.8 Å². The maximum atomic E-state index is 13.4. The van der Waals surface area contributed by atoms with Gasteiger partial charge in [0.05, 0.1) is 17.7 Å². The minimum atomic E-state index is -0.391. The summed E-state index contributed by atoms with van der Waals surface area (Å²) < 4.78 is 6.23. The van der Waals surface area contributed by atoms with Crippen LogP contribution in [0.3, 0.4) is 0 Å². The van der Waals surface area contributed by atoms with Crippen molar-refractivity contribution in [1.29, 1.82) is 0 Å². The molecular weight excluding hydrogens is 378 g/mol. The fourth-order valence-corrected chi connectivity index (χ4v) is 5.62. The van der Waals surface area contributed by atoms with Crippen molar-refractivity contribution in [2.45, 2.75) is 103 Å². The minimum absolute atomic E-state index is 0.0130. The van der Waals surface area contributed by atoms with E-state index in [2.05, 4.69) is 26.0 Å². The summed E-state index contributed by atoms with van der Waals surface area (Å²) in [7, 11) is 0. The van der Waals surface area contributed by atoms with Gasteiger partial charge in [-0.25, -0.2) is 0 Å². The fraction of sp³-hybridized carbons (Fsp3) is 0.840. The summed E-state index contributed by atoms with van der Waals surface area (Å²) >= 11 is 0. The van der Waals surface area contributed by atoms with Crippen LogP contribution in [0.5, 0.6) is 0 Å². The lowest BCUT2D eigenvalue weighted by molar-refractivity contribution is -0.142. The van der Waals surface area contributed by atoms with Crippen LogP contribution >= 0.6 is 0 Å². The number of carbonyl (C=O) groups excluding carboxylic acids is 2. The number of Topliss-reactive ketones (excluding diaryl/α,β-unsaturated/α-hetero) is 1. The van der Waals surface area contributed by atoms with Gasteiger partial charge < -0.3 is 14.7 Å². The van der Waals surface area contributed by atoms with E-state index in [0.717, 1.165) is 57.8 Å². The number of rotatable bonds is 1. The molecule has 0 aromatic heterocycles. The molecule has 5 heteroatoms. The molecule has 0 spiro atoms. The van der Waals surface area contributed by atoms with Crippen LogP contribution in [0.1, 0.15) is 85.0 Å². The molecule has 5 atom stereocenters. The van der Waals surface area contributed by atoms with Crippen molar-refractivity contribution in [3.8, 4) is 0 Å². The Morgan fingerprint density at radius 3 is 2.43 bits per heavy atom. The largest absolute Gasteiger partial charge is 0.396 e. The lowest BCUT2D eigenvalue weighted by Gasteiger charge is -2.31. The highest BCUT2D eigenvalue weighted by Gasteiger charge is 2.55. The van der Waals surface area contributed by atoms with Crippen molar-refractivity contribution in [3.63, 3.8) is 0 Å². The molecule has 3 heterocycles. The number of ether oxygens (including phenoxy) is 1. The zero-order chi connectivity index (χ0) is 21.7. The van der Waals surface area contributed by atoms with Crippen LogP contribution in [0, 0.1) is 17.8 Å². The average Bonchev–Trinajstić information content (AvgIpc) is 3.18. The summed E-state index contributed by atoms with van der Waals surface area (Å²) in [5, 5.41) is 9.87. The summed E-state index contributed by atoms with van der Waals surface area (Å²) in [6.45, 7) is 6.72. The fourth-order valence-electron chi connectivity index (χ4n) is 5.62. The predicted octanol–water partition coefficient (Wildman–Crippen LogP) is 4.28. The Morgan fingerprint density at radius 1 is 1.10 bits per heavy atom. The molecule has 2 fully saturated rings. The third-order valence-corrected chi connectivity index (χ3v) is 7.23. The SMILES string of the molecule is C[C@H]1CCCCC=CCCCC[C@@H](CO)CC(=O)C2[C@H]3CC(C)(C)OC3CN2C1=O. The molecule has 1 amide bonds. The Kier molecular flexibility index (Phi) is 8.14. The maximum Gasteiger partial charge on any atom is 0.226 e. The lowest BCUT2D eigenvalue weighted by atomic mass is 9.84. The van der Waals surface area contributed by atoms with Crippen LogP contribution in [0.15, 0.2) is 12.2 Å². The van der Waals surface area contributed by atoms with Crippen LogP contribution in [-0.4, -0.2) is 52.6 Å². The number of ketones is 1. The third-order valence-electron chi connectivity index (χ3n) is 7.23. The van der Waals surface area contributed by atoms with Gasteiger partial charge in [0.15, 0.2) is 5.78 Å². The summed E-state index contributed by atoms with van der Waals surface area (Å²) in [5.41, 5.74) is -0.243. The molecule has 5 nitrogen and oxygen atoms in total. The summed E-state index contributed by atoms with van der Waals surface area (Å²) in [4.78, 5) is 28.6. The van der Waals surface area contributed by atoms with E-state index in [1.165, 1.54) is 0 Å². The average molecular weight is 420 g/mol. The quantitative estimate of drug-likeness (QED) is 0.645. The molecule has 0 bridgehead atoms. The number of allylic oxidation sites excluding steroid dienone is 2. The van der Waals surface area contributed by atoms with Gasteiger partial charge in [-0.15, -0.1) is 0 Å². The van der Waals surface area contributed by atoms with Gasteiger partial charge in [-0.1, -0.05) is 31.9 Å². The van der Waals surface area contributed by atoms with Crippen LogP contribution in [0.2, 0.25) is 0 Å². The van der Waals surface area contributed by atoms with Gasteiger partial charge in [0, 0.05) is 31.4 Å². The van der Waals surface area contributed by atoms with Crippen LogP contribution in [-0.2, 0) is 14.3 Å². The van der Waals surface area contributed by atoms with Gasteiger partial charge in [0.1, 0.15) is 0 Å². The Balaban J connectivity index is 1.78. The van der Waals surface area contributed by atoms with E-state index in [4.69, 9.17) is 4.74 Å². The molecule has 3 aliphatic heterocycles. The molecule has 30 heavy (non-hydrogen) atoms. The molecule has 0 radical (unpaired) electrons. The molecular formula is C25H41NO4. The molecule has 3 rings (SSSR count). The molecule has 2 saturated heterocycles. The molecule has 1 N–H and O–H groups in total. The number of aliphatic hydroxyl groups is 1. The minimum Gasteiger partial charge on any atom is -0.396 e. The molecule has 3 aliphatic rings. The summed E-state index contributed by atoms with van der Waals surface area (Å²) in [5.74, 6) is 0.216. The molecule has 170 valence electrons. The number of carbonyl (C=O) groups is 2. The highest BCUT2D eigenvalue weighted by atomic mass is 16.5. The first kappa shape index (κ1) is 23.5. The monoisotopic (exact) mass is 419 g/mol. The Morgan fingerprint density at radius 2 is 1.77 bits per heavy atom. The van der Waals surface area contributed by atoms with E-state index in [1.807, 2.05) is 11.8 Å². The van der Waals surface area contributed by atoms with Crippen LogP contribution < -0.4 is 0 Å². The van der Waals surface area contributed by atoms with Crippen molar-refractivity contribution in [3.05, 3.63) is 12.2 Å². The predicted molar refractivity (Wildman–Crippen MR) is 118 cm³/mol. The second kappa shape index (κ2) is 10.4. The molecule has 0 aromatic rings. The van der Waals surface area contributed by atoms with Gasteiger partial charge in [0.25, 0.3) is 0 Å². The molecule has 0 aliphatic carbocycles. The molecule has 2 unspecified atom stereocenters. The van der Waals surface area contributed by atoms with Gasteiger partial charge >= 0.3 is 0 Å². The highest BCUT2D eigenvalue weighted by Crippen LogP contribution is 2.44. The molecule has 0 aromatic carbocycles. The van der Waals surface area contributed by atoms with Crippen molar-refractivity contribution in [2.75, 3.05) is 13.2 Å². The van der Waals surface area contributed by atoms with E-state index in [-0.39, 0.29) is 47.8 Å². The van der Waals surface area contributed by atoms with E-state index < -0.39 is 6.04 Å². The van der Waals surface area contributed by atoms with E-state index >= 15 is 0 Å². The van der Waals surface area contributed by atoms with E-state index in [9.17, 15) is 14.7 Å². The van der Waals surface area contributed by atoms with Crippen molar-refractivity contribution in [2.24, 2.45) is 17.8 Å². The first-order chi connectivity index (χ1) is 14.3. The lowest BCUT2D eigenvalue weighted by Crippen LogP contribution is -2.46. The zero-order valence-corrected chi connectivity index (χ0v) is 19.1. The number of nitrogens with zero attached hydrogens (tertiary/aromatic N) is 1. The second-order valence-electron chi connectivity index (χ2n) is 10.4. The maximum absolute atomic E-state index is 13.4. The van der Waals surface area contributed by atoms with Gasteiger partial charge in [0.2, 0.25) is 5.91 Å². The number of amides is 1. The van der Waals surface area contributed by atoms with Crippen molar-refractivity contribution in [1.82, 2.24) is 4.90 Å². The van der Waals surface area contributed by atoms with Crippen LogP contribution in [0.4, 0.5) is 0 Å². The van der Waals surface area contributed by atoms with E-state index in [1.54, 1.807) is 0 Å². The van der Waals surface area contributed by atoms with Gasteiger partial charge in [-0.2, -0.15) is 0 Å². The number of hydrogen-bond donors (Lipinski definition) is 1. The number of aliphatic hydroxyl groups excluding tert-OH is 1. The van der Waals surface area contributed by atoms with Crippen molar-refractivity contribution >= 4 is 11.7 Å². The summed E-state index contributed by atoms with van der Waals surface area (Å²) in [6.07, 6.45) is 13.7. The number of fused-ring (bicyclic) bond motifs is 3. The standard InChI is InChI=1S/C25H41NO4/c1-18-12-10-8-6-4-5-7-9-11-13-19(17-27)14-21(28)23-20-15-25(2,3)30-22(20)16-26(23)24(18)29/h4-5,18-20,22-23,27H,6-17H2,1-3H3/t18-,19+,20-,22?,23?/m0/s1. The van der Waals surface area contributed by atoms with Gasteiger partial charge in [-0.3, -0.25) is 9.59 Å². The Hall–Kier alpha value is -1.20. The number of hydrogen-bond acceptors (Lipinski definition) is 4. The first-order valence-electron chi connectivity index (χ1n) is 12.1. The Labute approximate surface area is 182 Å². The first-order valence-corrected chi connectivity index (χ1v) is 12.1. The second-order valence-corrected chi connectivity index (χ2v) is 10.4. The zero-order valence-electron chi connectivity index (χ0n) is 19.1. The van der Waals surface area contributed by atoms with Gasteiger partial charge in [-0.05, 0) is 64.7 Å². The van der Waals surface area contributed by atoms with Crippen LogP contribution in [0.25, 0.3) is 0 Å². The van der Waals surface area contributed by atoms with Crippen molar-refractivity contribution < 1.29 is 19.4 Å². The smallest absolute Gasteiger partial charge is 0.226 e. The summed E-state index contributed by atoms with van der Waals surface area (Å²) in [6, 6.07) is -0.391. The normalized spacial score (nSPS) is 36.4. The highest BCUT2D eigenvalue weighted by molar-refractivity contribution is 5.91.